The summed E-state index contributed by atoms with van der Waals surface area (Å²) in [5.74, 6) is -0.307. The van der Waals surface area contributed by atoms with Crippen molar-refractivity contribution in [2.24, 2.45) is 0 Å². The Morgan fingerprint density at radius 1 is 1.00 bits per heavy atom. The predicted molar refractivity (Wildman–Crippen MR) is 99.6 cm³/mol. The Morgan fingerprint density at radius 2 is 1.72 bits per heavy atom. The third-order valence-corrected chi connectivity index (χ3v) is 5.05. The van der Waals surface area contributed by atoms with Crippen LogP contribution in [0.15, 0.2) is 48.5 Å². The molecule has 0 atom stereocenters. The van der Waals surface area contributed by atoms with Crippen molar-refractivity contribution in [1.29, 1.82) is 0 Å². The second-order valence-electron chi connectivity index (χ2n) is 6.04. The molecule has 3 rings (SSSR count). The van der Waals surface area contributed by atoms with E-state index >= 15 is 0 Å². The highest BCUT2D eigenvalue weighted by molar-refractivity contribution is 7.20. The molecule has 0 saturated carbocycles. The van der Waals surface area contributed by atoms with Crippen LogP contribution in [-0.2, 0) is 0 Å². The lowest BCUT2D eigenvalue weighted by Crippen LogP contribution is -2.16. The maximum Gasteiger partial charge on any atom is 0.284 e. The number of thiophene rings is 1. The Morgan fingerprint density at radius 3 is 2.36 bits per heavy atom. The molecule has 1 aromatic heterocycles. The molecule has 128 valence electrons. The normalized spacial score (nSPS) is 10.9. The van der Waals surface area contributed by atoms with Crippen molar-refractivity contribution in [3.8, 4) is 0 Å². The molecule has 0 aliphatic carbocycles. The first-order chi connectivity index (χ1) is 12.0. The largest absolute Gasteiger partial charge is 0.322 e. The molecule has 0 fully saturated rings. The van der Waals surface area contributed by atoms with Crippen molar-refractivity contribution >= 4 is 38.9 Å². The number of rotatable bonds is 4. The molecule has 0 unspecified atom stereocenters. The van der Waals surface area contributed by atoms with Crippen molar-refractivity contribution in [2.45, 2.75) is 19.8 Å². The number of nitrogens with one attached hydrogen (secondary N) is 2. The van der Waals surface area contributed by atoms with Gasteiger partial charge in [-0.3, -0.25) is 14.8 Å². The van der Waals surface area contributed by atoms with E-state index in [1.807, 2.05) is 30.3 Å². The molecule has 0 radical (unpaired) electrons. The Kier molecular flexibility index (Phi) is 4.83. The van der Waals surface area contributed by atoms with Crippen molar-refractivity contribution in [3.05, 3.63) is 64.5 Å². The van der Waals surface area contributed by atoms with Gasteiger partial charge in [-0.1, -0.05) is 26.0 Å². The second kappa shape index (κ2) is 7.04. The van der Waals surface area contributed by atoms with E-state index in [9.17, 15) is 9.59 Å². The van der Waals surface area contributed by atoms with Crippen molar-refractivity contribution in [3.63, 3.8) is 0 Å². The summed E-state index contributed by atoms with van der Waals surface area (Å²) in [5.41, 5.74) is 4.06. The highest BCUT2D eigenvalue weighted by Gasteiger charge is 2.11. The zero-order chi connectivity index (χ0) is 18.0. The number of hydroxylamine groups is 1. The molecule has 0 spiro atoms. The van der Waals surface area contributed by atoms with Gasteiger partial charge in [0, 0.05) is 16.0 Å². The van der Waals surface area contributed by atoms with Gasteiger partial charge in [0.1, 0.15) is 0 Å². The molecule has 0 saturated heterocycles. The fraction of sp³-hybridized carbons (Fsp3) is 0.158. The smallest absolute Gasteiger partial charge is 0.284 e. The number of hydrogen-bond donors (Lipinski definition) is 3. The van der Waals surface area contributed by atoms with Crippen LogP contribution in [0.2, 0.25) is 0 Å². The van der Waals surface area contributed by atoms with Gasteiger partial charge in [-0.25, -0.2) is 5.48 Å². The average Bonchev–Trinajstić information content (AvgIpc) is 3.04. The lowest BCUT2D eigenvalue weighted by atomic mass is 10.0. The van der Waals surface area contributed by atoms with Gasteiger partial charge in [0.25, 0.3) is 11.8 Å². The first kappa shape index (κ1) is 17.1. The number of anilines is 1. The molecule has 0 aliphatic rings. The van der Waals surface area contributed by atoms with Gasteiger partial charge in [0.15, 0.2) is 0 Å². The molecule has 25 heavy (non-hydrogen) atoms. The van der Waals surface area contributed by atoms with Gasteiger partial charge >= 0.3 is 0 Å². The zero-order valence-corrected chi connectivity index (χ0v) is 14.7. The summed E-state index contributed by atoms with van der Waals surface area (Å²) in [7, 11) is 0. The van der Waals surface area contributed by atoms with Crippen LogP contribution < -0.4 is 10.8 Å². The number of carbonyl (C=O) groups excluding carboxylic acids is 2. The van der Waals surface area contributed by atoms with Crippen LogP contribution >= 0.6 is 11.3 Å². The third kappa shape index (κ3) is 3.70. The van der Waals surface area contributed by atoms with E-state index in [-0.39, 0.29) is 5.91 Å². The Hall–Kier alpha value is -2.70. The minimum absolute atomic E-state index is 0.182. The fourth-order valence-corrected chi connectivity index (χ4v) is 3.44. The topological polar surface area (TPSA) is 78.4 Å². The van der Waals surface area contributed by atoms with Crippen LogP contribution in [0.25, 0.3) is 10.1 Å². The summed E-state index contributed by atoms with van der Waals surface area (Å²) in [4.78, 5) is 24.3. The molecule has 1 heterocycles. The van der Waals surface area contributed by atoms with Gasteiger partial charge in [0.2, 0.25) is 0 Å². The van der Waals surface area contributed by atoms with Crippen molar-refractivity contribution in [1.82, 2.24) is 5.48 Å². The fourth-order valence-electron chi connectivity index (χ4n) is 2.51. The standard InChI is InChI=1S/C19H18N2O3S/c1-11(2)12-3-5-13(6-4-12)18(22)20-15-7-8-16-14(9-15)10-17(25-16)19(23)21-24/h3-11,24H,1-2H3,(H,20,22)(H,21,23). The van der Waals surface area contributed by atoms with Crippen LogP contribution in [0.1, 0.15) is 45.4 Å². The number of carbonyl (C=O) groups is 2. The van der Waals surface area contributed by atoms with Gasteiger partial charge in [0.05, 0.1) is 4.88 Å². The molecule has 2 aromatic carbocycles. The van der Waals surface area contributed by atoms with Crippen LogP contribution in [0.5, 0.6) is 0 Å². The minimum atomic E-state index is -0.544. The van der Waals surface area contributed by atoms with E-state index < -0.39 is 5.91 Å². The first-order valence-electron chi connectivity index (χ1n) is 7.87. The van der Waals surface area contributed by atoms with E-state index in [0.29, 0.717) is 22.0 Å². The van der Waals surface area contributed by atoms with E-state index in [1.165, 1.54) is 16.9 Å². The summed E-state index contributed by atoms with van der Waals surface area (Å²) >= 11 is 1.27. The molecular formula is C19H18N2O3S. The lowest BCUT2D eigenvalue weighted by Gasteiger charge is -2.08. The molecule has 0 aliphatic heterocycles. The van der Waals surface area contributed by atoms with Gasteiger partial charge in [-0.2, -0.15) is 0 Å². The van der Waals surface area contributed by atoms with Crippen molar-refractivity contribution < 1.29 is 14.8 Å². The van der Waals surface area contributed by atoms with Gasteiger partial charge < -0.3 is 5.32 Å². The monoisotopic (exact) mass is 354 g/mol. The quantitative estimate of drug-likeness (QED) is 0.480. The Bertz CT molecular complexity index is 929. The van der Waals surface area contributed by atoms with E-state index in [2.05, 4.69) is 19.2 Å². The second-order valence-corrected chi connectivity index (χ2v) is 7.12. The Balaban J connectivity index is 1.79. The summed E-state index contributed by atoms with van der Waals surface area (Å²) in [6.07, 6.45) is 0. The predicted octanol–water partition coefficient (Wildman–Crippen LogP) is 4.40. The zero-order valence-electron chi connectivity index (χ0n) is 13.9. The third-order valence-electron chi connectivity index (χ3n) is 3.94. The van der Waals surface area contributed by atoms with E-state index in [4.69, 9.17) is 5.21 Å². The molecule has 3 aromatic rings. The summed E-state index contributed by atoms with van der Waals surface area (Å²) in [5, 5.41) is 12.4. The molecule has 0 bridgehead atoms. The SMILES string of the molecule is CC(C)c1ccc(C(=O)Nc2ccc3sc(C(=O)NO)cc3c2)cc1. The number of fused-ring (bicyclic) bond motifs is 1. The number of amides is 2. The molecule has 6 heteroatoms. The highest BCUT2D eigenvalue weighted by Crippen LogP contribution is 2.28. The minimum Gasteiger partial charge on any atom is -0.322 e. The van der Waals surface area contributed by atoms with Crippen LogP contribution in [0.3, 0.4) is 0 Å². The average molecular weight is 354 g/mol. The van der Waals surface area contributed by atoms with E-state index in [0.717, 1.165) is 10.1 Å². The van der Waals surface area contributed by atoms with E-state index in [1.54, 1.807) is 23.7 Å². The summed E-state index contributed by atoms with van der Waals surface area (Å²) in [6, 6.07) is 14.7. The Labute approximate surface area is 149 Å². The number of hydrogen-bond acceptors (Lipinski definition) is 4. The van der Waals surface area contributed by atoms with Crippen LogP contribution in [0, 0.1) is 0 Å². The maximum absolute atomic E-state index is 12.4. The summed E-state index contributed by atoms with van der Waals surface area (Å²) < 4.78 is 0.901. The highest BCUT2D eigenvalue weighted by atomic mass is 32.1. The van der Waals surface area contributed by atoms with Crippen LogP contribution in [0.4, 0.5) is 5.69 Å². The van der Waals surface area contributed by atoms with Crippen LogP contribution in [-0.4, -0.2) is 17.0 Å². The maximum atomic E-state index is 12.4. The molecule has 5 nitrogen and oxygen atoms in total. The first-order valence-corrected chi connectivity index (χ1v) is 8.69. The van der Waals surface area contributed by atoms with Crippen molar-refractivity contribution in [2.75, 3.05) is 5.32 Å². The molecule has 3 N–H and O–H groups in total. The number of benzene rings is 2. The summed E-state index contributed by atoms with van der Waals surface area (Å²) in [6.45, 7) is 4.22. The molecular weight excluding hydrogens is 336 g/mol. The lowest BCUT2D eigenvalue weighted by molar-refractivity contribution is 0.0711. The van der Waals surface area contributed by atoms with Gasteiger partial charge in [-0.05, 0) is 53.3 Å². The van der Waals surface area contributed by atoms with Gasteiger partial charge in [-0.15, -0.1) is 11.3 Å². The molecule has 2 amide bonds.